The number of rotatable bonds is 3. The third kappa shape index (κ3) is 2.96. The van der Waals surface area contributed by atoms with Crippen LogP contribution < -0.4 is 0 Å². The summed E-state index contributed by atoms with van der Waals surface area (Å²) >= 11 is 6.64. The van der Waals surface area contributed by atoms with Crippen LogP contribution in [0.25, 0.3) is 33.3 Å². The molecule has 1 aliphatic carbocycles. The summed E-state index contributed by atoms with van der Waals surface area (Å²) in [5.41, 5.74) is 7.70. The Kier molecular flexibility index (Phi) is 4.73. The van der Waals surface area contributed by atoms with Crippen LogP contribution in [0.1, 0.15) is 22.5 Å². The first-order valence-corrected chi connectivity index (χ1v) is 12.3. The molecule has 7 rings (SSSR count). The average molecular weight is 482 g/mol. The van der Waals surface area contributed by atoms with Gasteiger partial charge in [-0.05, 0) is 46.0 Å². The topological polar surface area (TPSA) is 38.7 Å². The molecule has 0 amide bonds. The largest absolute Gasteiger partial charge is 0.264 e. The van der Waals surface area contributed by atoms with Crippen molar-refractivity contribution in [3.63, 3.8) is 0 Å². The van der Waals surface area contributed by atoms with Gasteiger partial charge >= 0.3 is 0 Å². The Hall–Kier alpha value is -4.34. The van der Waals surface area contributed by atoms with E-state index in [4.69, 9.17) is 21.6 Å². The Morgan fingerprint density at radius 3 is 2.19 bits per heavy atom. The average Bonchev–Trinajstić information content (AvgIpc) is 3.23. The van der Waals surface area contributed by atoms with Crippen LogP contribution in [0.3, 0.4) is 0 Å². The molecule has 0 saturated heterocycles. The van der Waals surface area contributed by atoms with Crippen LogP contribution in [0.5, 0.6) is 0 Å². The molecule has 3 nitrogen and oxygen atoms in total. The molecule has 0 bridgehead atoms. The van der Waals surface area contributed by atoms with Crippen LogP contribution in [0, 0.1) is 0 Å². The van der Waals surface area contributed by atoms with Crippen molar-refractivity contribution >= 4 is 22.5 Å². The van der Waals surface area contributed by atoms with Gasteiger partial charge in [-0.3, -0.25) is 4.98 Å². The lowest BCUT2D eigenvalue weighted by Gasteiger charge is -2.32. The van der Waals surface area contributed by atoms with Crippen LogP contribution in [0.2, 0.25) is 5.02 Å². The first-order valence-electron chi connectivity index (χ1n) is 11.9. The van der Waals surface area contributed by atoms with Crippen LogP contribution in [0.4, 0.5) is 0 Å². The summed E-state index contributed by atoms with van der Waals surface area (Å²) < 4.78 is 0. The SMILES string of the molecule is Clc1ccc2c(c1)C(c1ccccc1)(c1nc(-c3ccccc3)c3cnccc3n1)c1ccccc1-2. The van der Waals surface area contributed by atoms with Gasteiger partial charge in [-0.1, -0.05) is 103 Å². The Labute approximate surface area is 214 Å². The monoisotopic (exact) mass is 481 g/mol. The van der Waals surface area contributed by atoms with Gasteiger partial charge in [0.2, 0.25) is 0 Å². The molecule has 0 aliphatic heterocycles. The van der Waals surface area contributed by atoms with E-state index in [-0.39, 0.29) is 0 Å². The van der Waals surface area contributed by atoms with Crippen molar-refractivity contribution in [2.75, 3.05) is 0 Å². The van der Waals surface area contributed by atoms with Crippen LogP contribution in [0.15, 0.2) is 122 Å². The van der Waals surface area contributed by atoms with E-state index < -0.39 is 5.41 Å². The molecule has 1 unspecified atom stereocenters. The standard InChI is InChI=1S/C32H20ClN3/c33-23-15-16-25-24-13-7-8-14-27(24)32(28(25)19-23,22-11-5-2-6-12-22)31-35-29-17-18-34-20-26(29)30(36-31)21-9-3-1-4-10-21/h1-20H. The van der Waals surface area contributed by atoms with E-state index >= 15 is 0 Å². The van der Waals surface area contributed by atoms with Crippen molar-refractivity contribution in [1.82, 2.24) is 15.0 Å². The molecule has 4 aromatic carbocycles. The summed E-state index contributed by atoms with van der Waals surface area (Å²) in [6.45, 7) is 0. The summed E-state index contributed by atoms with van der Waals surface area (Å²) in [5, 5.41) is 1.61. The third-order valence-electron chi connectivity index (χ3n) is 7.09. The van der Waals surface area contributed by atoms with Gasteiger partial charge in [0.15, 0.2) is 0 Å². The molecule has 0 radical (unpaired) electrons. The number of benzene rings is 4. The second-order valence-electron chi connectivity index (χ2n) is 9.01. The number of hydrogen-bond donors (Lipinski definition) is 0. The molecule has 0 spiro atoms. The highest BCUT2D eigenvalue weighted by molar-refractivity contribution is 6.30. The van der Waals surface area contributed by atoms with Crippen molar-refractivity contribution in [3.05, 3.63) is 149 Å². The maximum Gasteiger partial charge on any atom is 0.149 e. The van der Waals surface area contributed by atoms with Crippen LogP contribution >= 0.6 is 11.6 Å². The zero-order chi connectivity index (χ0) is 24.1. The van der Waals surface area contributed by atoms with E-state index in [1.165, 1.54) is 5.56 Å². The van der Waals surface area contributed by atoms with Crippen molar-refractivity contribution < 1.29 is 0 Å². The number of fused-ring (bicyclic) bond motifs is 4. The number of pyridine rings is 1. The number of aromatic nitrogens is 3. The molecular formula is C32H20ClN3. The van der Waals surface area contributed by atoms with Crippen LogP contribution in [-0.4, -0.2) is 15.0 Å². The fourth-order valence-electron chi connectivity index (χ4n) is 5.58. The van der Waals surface area contributed by atoms with E-state index in [1.54, 1.807) is 6.20 Å². The van der Waals surface area contributed by atoms with Crippen molar-refractivity contribution in [2.45, 2.75) is 5.41 Å². The fourth-order valence-corrected chi connectivity index (χ4v) is 5.75. The van der Waals surface area contributed by atoms with Gasteiger partial charge in [0, 0.05) is 28.4 Å². The van der Waals surface area contributed by atoms with Gasteiger partial charge in [-0.25, -0.2) is 9.97 Å². The minimum Gasteiger partial charge on any atom is -0.264 e. The van der Waals surface area contributed by atoms with Crippen molar-refractivity contribution in [3.8, 4) is 22.4 Å². The third-order valence-corrected chi connectivity index (χ3v) is 7.33. The zero-order valence-corrected chi connectivity index (χ0v) is 20.0. The van der Waals surface area contributed by atoms with Crippen molar-refractivity contribution in [1.29, 1.82) is 0 Å². The normalized spacial score (nSPS) is 16.0. The lowest BCUT2D eigenvalue weighted by molar-refractivity contribution is 0.704. The summed E-state index contributed by atoms with van der Waals surface area (Å²) in [4.78, 5) is 14.9. The molecule has 36 heavy (non-hydrogen) atoms. The summed E-state index contributed by atoms with van der Waals surface area (Å²) in [7, 11) is 0. The predicted octanol–water partition coefficient (Wildman–Crippen LogP) is 7.71. The quantitative estimate of drug-likeness (QED) is 0.259. The fraction of sp³-hybridized carbons (Fsp3) is 0.0312. The summed E-state index contributed by atoms with van der Waals surface area (Å²) in [6.07, 6.45) is 3.64. The van der Waals surface area contributed by atoms with Gasteiger partial charge in [-0.2, -0.15) is 0 Å². The zero-order valence-electron chi connectivity index (χ0n) is 19.3. The highest BCUT2D eigenvalue weighted by Gasteiger charge is 2.48. The van der Waals surface area contributed by atoms with E-state index in [2.05, 4.69) is 77.8 Å². The maximum absolute atomic E-state index is 6.64. The highest BCUT2D eigenvalue weighted by Crippen LogP contribution is 2.56. The molecule has 1 atom stereocenters. The molecule has 0 fully saturated rings. The van der Waals surface area contributed by atoms with E-state index in [0.29, 0.717) is 5.02 Å². The molecule has 170 valence electrons. The molecule has 4 heteroatoms. The van der Waals surface area contributed by atoms with Gasteiger partial charge < -0.3 is 0 Å². The Balaban J connectivity index is 1.67. The Morgan fingerprint density at radius 1 is 0.639 bits per heavy atom. The summed E-state index contributed by atoms with van der Waals surface area (Å²) in [5.74, 6) is 0.722. The molecule has 0 N–H and O–H groups in total. The molecule has 2 heterocycles. The highest BCUT2D eigenvalue weighted by atomic mass is 35.5. The second kappa shape index (κ2) is 8.11. The molecule has 2 aromatic heterocycles. The second-order valence-corrected chi connectivity index (χ2v) is 9.44. The number of hydrogen-bond acceptors (Lipinski definition) is 3. The Bertz CT molecular complexity index is 1750. The maximum atomic E-state index is 6.64. The molecule has 6 aromatic rings. The Morgan fingerprint density at radius 2 is 1.36 bits per heavy atom. The minimum atomic E-state index is -0.723. The number of halogens is 1. The lowest BCUT2D eigenvalue weighted by Crippen LogP contribution is -2.31. The van der Waals surface area contributed by atoms with Crippen LogP contribution in [-0.2, 0) is 5.41 Å². The lowest BCUT2D eigenvalue weighted by atomic mass is 9.71. The minimum absolute atomic E-state index is 0.690. The van der Waals surface area contributed by atoms with Gasteiger partial charge in [-0.15, -0.1) is 0 Å². The first-order chi connectivity index (χ1) is 17.8. The molecule has 0 saturated carbocycles. The van der Waals surface area contributed by atoms with E-state index in [0.717, 1.165) is 50.2 Å². The van der Waals surface area contributed by atoms with E-state index in [1.807, 2.05) is 42.6 Å². The summed E-state index contributed by atoms with van der Waals surface area (Å²) in [6, 6.07) is 37.4. The van der Waals surface area contributed by atoms with E-state index in [9.17, 15) is 0 Å². The predicted molar refractivity (Wildman–Crippen MR) is 145 cm³/mol. The number of nitrogens with zero attached hydrogens (tertiary/aromatic N) is 3. The molecule has 1 aliphatic rings. The van der Waals surface area contributed by atoms with Gasteiger partial charge in [0.25, 0.3) is 0 Å². The van der Waals surface area contributed by atoms with Gasteiger partial charge in [0.05, 0.1) is 11.2 Å². The van der Waals surface area contributed by atoms with Crippen molar-refractivity contribution in [2.24, 2.45) is 0 Å². The smallest absolute Gasteiger partial charge is 0.149 e. The van der Waals surface area contributed by atoms with Gasteiger partial charge in [0.1, 0.15) is 11.2 Å². The molecular weight excluding hydrogens is 462 g/mol. The first kappa shape index (κ1) is 21.0.